The lowest BCUT2D eigenvalue weighted by atomic mass is 10.1. The average Bonchev–Trinajstić information content (AvgIpc) is 2.69. The Bertz CT molecular complexity index is 738. The first-order valence-corrected chi connectivity index (χ1v) is 9.32. The number of hydrogen-bond donors (Lipinski definition) is 2. The Hall–Kier alpha value is -1.99. The number of carbonyl (C=O) groups excluding carboxylic acids is 1. The zero-order valence-electron chi connectivity index (χ0n) is 16.3. The Labute approximate surface area is 184 Å². The Morgan fingerprint density at radius 3 is 2.52 bits per heavy atom. The summed E-state index contributed by atoms with van der Waals surface area (Å²) in [6.45, 7) is 5.54. The maximum absolute atomic E-state index is 12.1. The number of nitrogens with two attached hydrogens (primary N) is 1. The molecular weight excluding hydrogens is 413 g/mol. The van der Waals surface area contributed by atoms with Crippen molar-refractivity contribution in [3.8, 4) is 5.75 Å². The van der Waals surface area contributed by atoms with Crippen molar-refractivity contribution < 1.29 is 14.3 Å². The van der Waals surface area contributed by atoms with Gasteiger partial charge in [-0.15, -0.1) is 24.8 Å². The van der Waals surface area contributed by atoms with Crippen LogP contribution in [-0.2, 0) is 22.5 Å². The molecule has 0 spiro atoms. The van der Waals surface area contributed by atoms with Crippen LogP contribution in [0.15, 0.2) is 48.5 Å². The van der Waals surface area contributed by atoms with Crippen LogP contribution in [0.4, 0.5) is 5.69 Å². The molecule has 3 N–H and O–H groups in total. The molecule has 29 heavy (non-hydrogen) atoms. The summed E-state index contributed by atoms with van der Waals surface area (Å²) in [4.78, 5) is 14.5. The van der Waals surface area contributed by atoms with Crippen molar-refractivity contribution >= 4 is 36.4 Å². The predicted octanol–water partition coefficient (Wildman–Crippen LogP) is 2.68. The Kier molecular flexibility index (Phi) is 11.5. The van der Waals surface area contributed by atoms with Crippen molar-refractivity contribution in [2.45, 2.75) is 13.0 Å². The number of hydrogen-bond acceptors (Lipinski definition) is 5. The molecule has 3 rings (SSSR count). The van der Waals surface area contributed by atoms with Gasteiger partial charge in [0.05, 0.1) is 19.6 Å². The van der Waals surface area contributed by atoms with Gasteiger partial charge in [0.1, 0.15) is 12.4 Å². The van der Waals surface area contributed by atoms with E-state index in [0.29, 0.717) is 25.3 Å². The van der Waals surface area contributed by atoms with Crippen molar-refractivity contribution in [1.29, 1.82) is 0 Å². The van der Waals surface area contributed by atoms with Crippen LogP contribution in [0, 0.1) is 0 Å². The van der Waals surface area contributed by atoms with Crippen molar-refractivity contribution in [2.24, 2.45) is 0 Å². The van der Waals surface area contributed by atoms with Crippen LogP contribution in [-0.4, -0.2) is 50.3 Å². The summed E-state index contributed by atoms with van der Waals surface area (Å²) in [6.07, 6.45) is 0.343. The molecule has 2 aromatic rings. The third-order valence-corrected chi connectivity index (χ3v) is 4.51. The molecule has 1 fully saturated rings. The number of anilines is 1. The summed E-state index contributed by atoms with van der Waals surface area (Å²) in [6, 6.07) is 15.2. The van der Waals surface area contributed by atoms with E-state index in [1.54, 1.807) is 12.1 Å². The second-order valence-electron chi connectivity index (χ2n) is 6.64. The third kappa shape index (κ3) is 8.92. The summed E-state index contributed by atoms with van der Waals surface area (Å²) >= 11 is 0. The number of nitrogens with one attached hydrogen (secondary N) is 1. The monoisotopic (exact) mass is 441 g/mol. The highest BCUT2D eigenvalue weighted by Crippen LogP contribution is 2.13. The van der Waals surface area contributed by atoms with Crippen LogP contribution in [0.1, 0.15) is 11.1 Å². The van der Waals surface area contributed by atoms with Crippen molar-refractivity contribution in [3.05, 3.63) is 59.7 Å². The van der Waals surface area contributed by atoms with E-state index in [0.717, 1.165) is 49.7 Å². The van der Waals surface area contributed by atoms with Crippen LogP contribution in [0.25, 0.3) is 0 Å². The second kappa shape index (κ2) is 13.3. The maximum atomic E-state index is 12.1. The molecule has 8 heteroatoms. The van der Waals surface area contributed by atoms with E-state index >= 15 is 0 Å². The van der Waals surface area contributed by atoms with Crippen LogP contribution >= 0.6 is 24.8 Å². The van der Waals surface area contributed by atoms with Crippen LogP contribution in [0.5, 0.6) is 5.75 Å². The van der Waals surface area contributed by atoms with Gasteiger partial charge in [-0.05, 0) is 35.4 Å². The molecule has 1 aliphatic heterocycles. The van der Waals surface area contributed by atoms with E-state index in [-0.39, 0.29) is 30.7 Å². The van der Waals surface area contributed by atoms with Gasteiger partial charge in [-0.3, -0.25) is 9.69 Å². The Balaban J connectivity index is 0.00000210. The smallest absolute Gasteiger partial charge is 0.224 e. The van der Waals surface area contributed by atoms with E-state index in [9.17, 15) is 4.79 Å². The zero-order chi connectivity index (χ0) is 18.9. The fourth-order valence-electron chi connectivity index (χ4n) is 2.95. The summed E-state index contributed by atoms with van der Waals surface area (Å²) in [5.74, 6) is 0.812. The summed E-state index contributed by atoms with van der Waals surface area (Å²) < 4.78 is 11.2. The van der Waals surface area contributed by atoms with E-state index in [1.807, 2.05) is 36.4 Å². The van der Waals surface area contributed by atoms with Crippen molar-refractivity contribution in [3.63, 3.8) is 0 Å². The SMILES string of the molecule is Cl.Cl.Nc1ccc(CC(=O)NCc2cccc(OCCN3CCOCC3)c2)cc1. The second-order valence-corrected chi connectivity index (χ2v) is 6.64. The first kappa shape index (κ1) is 25.0. The lowest BCUT2D eigenvalue weighted by Gasteiger charge is -2.26. The van der Waals surface area contributed by atoms with E-state index in [4.69, 9.17) is 15.2 Å². The highest BCUT2D eigenvalue weighted by molar-refractivity contribution is 5.85. The van der Waals surface area contributed by atoms with Gasteiger partial charge in [-0.1, -0.05) is 24.3 Å². The van der Waals surface area contributed by atoms with Gasteiger partial charge in [0, 0.05) is 31.9 Å². The molecule has 0 bridgehead atoms. The number of morpholine rings is 1. The minimum atomic E-state index is -0.0154. The fourth-order valence-corrected chi connectivity index (χ4v) is 2.95. The molecule has 0 saturated carbocycles. The summed E-state index contributed by atoms with van der Waals surface area (Å²) in [7, 11) is 0. The molecule has 2 aromatic carbocycles. The van der Waals surface area contributed by atoms with Crippen LogP contribution < -0.4 is 15.8 Å². The standard InChI is InChI=1S/C21H27N3O3.2ClH/c22-19-6-4-17(5-7-19)15-21(25)23-16-18-2-1-3-20(14-18)27-13-10-24-8-11-26-12-9-24;;/h1-7,14H,8-13,15-16,22H2,(H,23,25);2*1H. The van der Waals surface area contributed by atoms with E-state index < -0.39 is 0 Å². The highest BCUT2D eigenvalue weighted by Gasteiger charge is 2.10. The largest absolute Gasteiger partial charge is 0.492 e. The highest BCUT2D eigenvalue weighted by atomic mass is 35.5. The number of nitrogen functional groups attached to an aromatic ring is 1. The topological polar surface area (TPSA) is 76.8 Å². The van der Waals surface area contributed by atoms with Gasteiger partial charge in [0.25, 0.3) is 0 Å². The molecule has 1 heterocycles. The Morgan fingerprint density at radius 2 is 1.79 bits per heavy atom. The third-order valence-electron chi connectivity index (χ3n) is 4.51. The molecule has 0 radical (unpaired) electrons. The first-order valence-electron chi connectivity index (χ1n) is 9.32. The number of ether oxygens (including phenoxy) is 2. The molecule has 0 aliphatic carbocycles. The first-order chi connectivity index (χ1) is 13.2. The zero-order valence-corrected chi connectivity index (χ0v) is 18.0. The average molecular weight is 442 g/mol. The van der Waals surface area contributed by atoms with Gasteiger partial charge in [0.15, 0.2) is 0 Å². The van der Waals surface area contributed by atoms with Crippen LogP contribution in [0.2, 0.25) is 0 Å². The number of carbonyl (C=O) groups is 1. The molecular formula is C21H29Cl2N3O3. The molecule has 0 unspecified atom stereocenters. The van der Waals surface area contributed by atoms with Gasteiger partial charge in [-0.25, -0.2) is 0 Å². The number of amides is 1. The van der Waals surface area contributed by atoms with Crippen molar-refractivity contribution in [1.82, 2.24) is 10.2 Å². The lowest BCUT2D eigenvalue weighted by Crippen LogP contribution is -2.38. The quantitative estimate of drug-likeness (QED) is 0.615. The number of benzene rings is 2. The summed E-state index contributed by atoms with van der Waals surface area (Å²) in [5.41, 5.74) is 8.33. The van der Waals surface area contributed by atoms with Crippen LogP contribution in [0.3, 0.4) is 0 Å². The molecule has 6 nitrogen and oxygen atoms in total. The normalized spacial score (nSPS) is 13.7. The molecule has 1 amide bonds. The van der Waals surface area contributed by atoms with E-state index in [1.165, 1.54) is 0 Å². The van der Waals surface area contributed by atoms with Gasteiger partial charge in [-0.2, -0.15) is 0 Å². The molecule has 1 aliphatic rings. The summed E-state index contributed by atoms with van der Waals surface area (Å²) in [5, 5.41) is 2.95. The maximum Gasteiger partial charge on any atom is 0.224 e. The minimum absolute atomic E-state index is 0. The predicted molar refractivity (Wildman–Crippen MR) is 120 cm³/mol. The molecule has 0 aromatic heterocycles. The molecule has 1 saturated heterocycles. The fraction of sp³-hybridized carbons (Fsp3) is 0.381. The number of nitrogens with zero attached hydrogens (tertiary/aromatic N) is 1. The van der Waals surface area contributed by atoms with Gasteiger partial charge in [0.2, 0.25) is 5.91 Å². The lowest BCUT2D eigenvalue weighted by molar-refractivity contribution is -0.120. The minimum Gasteiger partial charge on any atom is -0.492 e. The Morgan fingerprint density at radius 1 is 1.07 bits per heavy atom. The molecule has 160 valence electrons. The van der Waals surface area contributed by atoms with Crippen molar-refractivity contribution in [2.75, 3.05) is 45.2 Å². The molecule has 0 atom stereocenters. The van der Waals surface area contributed by atoms with Gasteiger partial charge < -0.3 is 20.5 Å². The number of halogens is 2. The van der Waals surface area contributed by atoms with Gasteiger partial charge >= 0.3 is 0 Å². The van der Waals surface area contributed by atoms with E-state index in [2.05, 4.69) is 10.2 Å². The number of rotatable bonds is 8.